The highest BCUT2D eigenvalue weighted by molar-refractivity contribution is 6.12. The molecule has 0 aliphatic rings. The van der Waals surface area contributed by atoms with E-state index in [2.05, 4.69) is 37.6 Å². The van der Waals surface area contributed by atoms with Gasteiger partial charge in [0.2, 0.25) is 0 Å². The highest BCUT2D eigenvalue weighted by Gasteiger charge is 2.24. The lowest BCUT2D eigenvalue weighted by molar-refractivity contribution is 0.0683. The van der Waals surface area contributed by atoms with Gasteiger partial charge in [-0.3, -0.25) is 9.59 Å². The quantitative estimate of drug-likeness (QED) is 0.0857. The van der Waals surface area contributed by atoms with Crippen LogP contribution in [-0.2, 0) is 5.41 Å². The van der Waals surface area contributed by atoms with Gasteiger partial charge in [0.25, 0.3) is 11.8 Å². The minimum Gasteiger partial charge on any atom is -0.478 e. The number of anilines is 2. The maximum absolute atomic E-state index is 12.9. The Morgan fingerprint density at radius 1 is 0.491 bits per heavy atom. The number of carboxylic acids is 2. The predicted octanol–water partition coefficient (Wildman–Crippen LogP) is 10.8. The number of rotatable bonds is 14. The lowest BCUT2D eigenvalue weighted by atomic mass is 9.78. The molecular formula is C47H38N2O8. The number of carboxylic acid groups (broad SMARTS) is 2. The van der Waals surface area contributed by atoms with Crippen molar-refractivity contribution in [2.75, 3.05) is 10.6 Å². The summed E-state index contributed by atoms with van der Waals surface area (Å²) >= 11 is 0. The SMILES string of the molecule is C=Cc1ccc(C(=O)Nc2ccc(Oc3ccc(C(C)(C)c4ccc(Oc5ccc(NC(=O)c6cc(C=C)ccc6C(=O)O)cc5)cc4)cc3)cc2)c(C(=O)O)c1. The van der Waals surface area contributed by atoms with Crippen LogP contribution in [0.5, 0.6) is 23.0 Å². The van der Waals surface area contributed by atoms with Crippen LogP contribution in [-0.4, -0.2) is 34.0 Å². The van der Waals surface area contributed by atoms with E-state index in [1.54, 1.807) is 66.7 Å². The summed E-state index contributed by atoms with van der Waals surface area (Å²) in [5, 5.41) is 24.6. The van der Waals surface area contributed by atoms with Crippen molar-refractivity contribution in [3.05, 3.63) is 191 Å². The number of carbonyl (C=O) groups excluding carboxylic acids is 2. The normalized spacial score (nSPS) is 10.8. The summed E-state index contributed by atoms with van der Waals surface area (Å²) in [6.07, 6.45) is 3.06. The number of aromatic carboxylic acids is 2. The van der Waals surface area contributed by atoms with E-state index >= 15 is 0 Å². The van der Waals surface area contributed by atoms with Gasteiger partial charge in [-0.15, -0.1) is 0 Å². The third-order valence-electron chi connectivity index (χ3n) is 9.36. The average molecular weight is 759 g/mol. The van der Waals surface area contributed by atoms with Crippen LogP contribution in [0.15, 0.2) is 147 Å². The first-order valence-electron chi connectivity index (χ1n) is 17.7. The monoisotopic (exact) mass is 758 g/mol. The van der Waals surface area contributed by atoms with Gasteiger partial charge in [-0.05, 0) is 119 Å². The van der Waals surface area contributed by atoms with Gasteiger partial charge in [-0.25, -0.2) is 9.59 Å². The molecule has 284 valence electrons. The molecule has 10 heteroatoms. The molecule has 0 atom stereocenters. The van der Waals surface area contributed by atoms with Crippen LogP contribution in [0.1, 0.15) is 77.5 Å². The second-order valence-electron chi connectivity index (χ2n) is 13.5. The van der Waals surface area contributed by atoms with Crippen LogP contribution in [0.4, 0.5) is 11.4 Å². The molecule has 0 aromatic heterocycles. The molecule has 6 rings (SSSR count). The first kappa shape index (κ1) is 39.0. The minimum atomic E-state index is -1.20. The van der Waals surface area contributed by atoms with E-state index in [0.717, 1.165) is 11.1 Å². The Hall–Kier alpha value is -7.72. The summed E-state index contributed by atoms with van der Waals surface area (Å²) in [4.78, 5) is 49.2. The second-order valence-corrected chi connectivity index (χ2v) is 13.5. The Kier molecular flexibility index (Phi) is 11.5. The van der Waals surface area contributed by atoms with Crippen molar-refractivity contribution >= 4 is 47.3 Å². The highest BCUT2D eigenvalue weighted by Crippen LogP contribution is 2.35. The Bertz CT molecular complexity index is 2490. The van der Waals surface area contributed by atoms with Crippen molar-refractivity contribution in [2.24, 2.45) is 0 Å². The summed E-state index contributed by atoms with van der Waals surface area (Å²) in [5.41, 5.74) is 3.83. The smallest absolute Gasteiger partial charge is 0.336 e. The van der Waals surface area contributed by atoms with Crippen LogP contribution in [0.3, 0.4) is 0 Å². The van der Waals surface area contributed by atoms with Crippen molar-refractivity contribution in [3.8, 4) is 23.0 Å². The van der Waals surface area contributed by atoms with Gasteiger partial charge in [0.05, 0.1) is 22.3 Å². The molecule has 6 aromatic carbocycles. The van der Waals surface area contributed by atoms with Gasteiger partial charge in [-0.2, -0.15) is 0 Å². The zero-order valence-electron chi connectivity index (χ0n) is 31.1. The van der Waals surface area contributed by atoms with Crippen LogP contribution in [0.25, 0.3) is 12.2 Å². The van der Waals surface area contributed by atoms with Gasteiger partial charge >= 0.3 is 11.9 Å². The number of amides is 2. The van der Waals surface area contributed by atoms with Crippen LogP contribution in [0, 0.1) is 0 Å². The van der Waals surface area contributed by atoms with Crippen LogP contribution < -0.4 is 20.1 Å². The summed E-state index contributed by atoms with van der Waals surface area (Å²) in [6, 6.07) is 38.1. The molecule has 2 amide bonds. The van der Waals surface area contributed by atoms with Crippen molar-refractivity contribution in [2.45, 2.75) is 19.3 Å². The third kappa shape index (κ3) is 9.15. The Morgan fingerprint density at radius 2 is 0.842 bits per heavy atom. The van der Waals surface area contributed by atoms with Crippen molar-refractivity contribution in [1.29, 1.82) is 0 Å². The van der Waals surface area contributed by atoms with Gasteiger partial charge in [0.15, 0.2) is 0 Å². The molecule has 0 saturated heterocycles. The fraction of sp³-hybridized carbons (Fsp3) is 0.0638. The molecule has 0 heterocycles. The highest BCUT2D eigenvalue weighted by atomic mass is 16.5. The summed E-state index contributed by atoms with van der Waals surface area (Å²) < 4.78 is 12.1. The lowest BCUT2D eigenvalue weighted by Crippen LogP contribution is -2.18. The maximum Gasteiger partial charge on any atom is 0.336 e. The molecule has 0 radical (unpaired) electrons. The summed E-state index contributed by atoms with van der Waals surface area (Å²) in [5.74, 6) is -1.13. The average Bonchev–Trinajstić information content (AvgIpc) is 3.22. The molecule has 0 aliphatic carbocycles. The lowest BCUT2D eigenvalue weighted by Gasteiger charge is -2.26. The molecule has 0 aliphatic heterocycles. The topological polar surface area (TPSA) is 151 Å². The predicted molar refractivity (Wildman–Crippen MR) is 221 cm³/mol. The van der Waals surface area contributed by atoms with Crippen molar-refractivity contribution in [3.63, 3.8) is 0 Å². The van der Waals surface area contributed by atoms with E-state index in [-0.39, 0.29) is 27.7 Å². The van der Waals surface area contributed by atoms with E-state index in [0.29, 0.717) is 45.5 Å². The number of nitrogens with one attached hydrogen (secondary N) is 2. The first-order valence-corrected chi connectivity index (χ1v) is 17.7. The molecule has 0 saturated carbocycles. The number of hydrogen-bond acceptors (Lipinski definition) is 6. The second kappa shape index (κ2) is 16.7. The zero-order chi connectivity index (χ0) is 40.7. The van der Waals surface area contributed by atoms with Crippen molar-refractivity contribution < 1.29 is 38.9 Å². The number of ether oxygens (including phenoxy) is 2. The molecule has 4 N–H and O–H groups in total. The van der Waals surface area contributed by atoms with E-state index in [1.807, 2.05) is 48.5 Å². The van der Waals surface area contributed by atoms with Crippen LogP contribution >= 0.6 is 0 Å². The van der Waals surface area contributed by atoms with E-state index in [4.69, 9.17) is 9.47 Å². The van der Waals surface area contributed by atoms with Gasteiger partial charge in [-0.1, -0.05) is 75.6 Å². The van der Waals surface area contributed by atoms with Crippen molar-refractivity contribution in [1.82, 2.24) is 0 Å². The van der Waals surface area contributed by atoms with Gasteiger partial charge in [0, 0.05) is 16.8 Å². The standard InChI is InChI=1S/C47H38N2O8/c1-5-29-8-26-40(45(52)53)41(27-29)44(51)49-34-15-23-38(24-16-34)57-36-19-11-32(12-20-36)47(3,4)31-9-17-35(18-10-31)56-37-21-13-33(14-22-37)48-43(50)39-25-7-30(6-2)28-42(39)46(54)55/h5-28H,1-2H2,3-4H3,(H,48,50)(H,49,51)(H,52,53)(H,54,55). The minimum absolute atomic E-state index is 0.0349. The summed E-state index contributed by atoms with van der Waals surface area (Å²) in [6.45, 7) is 11.6. The van der Waals surface area contributed by atoms with Crippen LogP contribution in [0.2, 0.25) is 0 Å². The Morgan fingerprint density at radius 3 is 1.23 bits per heavy atom. The fourth-order valence-corrected chi connectivity index (χ4v) is 6.05. The first-order chi connectivity index (χ1) is 27.3. The molecule has 0 bridgehead atoms. The number of carbonyl (C=O) groups is 4. The molecule has 0 spiro atoms. The molecule has 0 fully saturated rings. The zero-order valence-corrected chi connectivity index (χ0v) is 31.1. The van der Waals surface area contributed by atoms with Gasteiger partial charge < -0.3 is 30.3 Å². The molecule has 6 aromatic rings. The van der Waals surface area contributed by atoms with E-state index in [9.17, 15) is 29.4 Å². The molecular weight excluding hydrogens is 721 g/mol. The van der Waals surface area contributed by atoms with E-state index in [1.165, 1.54) is 30.3 Å². The number of hydrogen-bond donors (Lipinski definition) is 4. The molecule has 57 heavy (non-hydrogen) atoms. The molecule has 0 unspecified atom stereocenters. The fourth-order valence-electron chi connectivity index (χ4n) is 6.05. The third-order valence-corrected chi connectivity index (χ3v) is 9.36. The molecule has 10 nitrogen and oxygen atoms in total. The number of benzene rings is 6. The Labute approximate surface area is 329 Å². The summed E-state index contributed by atoms with van der Waals surface area (Å²) in [7, 11) is 0. The Balaban J connectivity index is 1.04. The van der Waals surface area contributed by atoms with Gasteiger partial charge in [0.1, 0.15) is 23.0 Å². The maximum atomic E-state index is 12.9. The van der Waals surface area contributed by atoms with E-state index < -0.39 is 23.8 Å². The largest absolute Gasteiger partial charge is 0.478 e.